The molecule has 98 valence electrons. The van der Waals surface area contributed by atoms with Gasteiger partial charge in [-0.05, 0) is 56.3 Å². The maximum Gasteiger partial charge on any atom is 0.0408 e. The lowest BCUT2D eigenvalue weighted by atomic mass is 9.98. The fraction of sp³-hybridized carbons (Fsp3) is 0.500. The van der Waals surface area contributed by atoms with Crippen molar-refractivity contribution in [2.75, 3.05) is 6.54 Å². The van der Waals surface area contributed by atoms with Crippen molar-refractivity contribution in [3.8, 4) is 0 Å². The number of allylic oxidation sites excluding steroid dienone is 1. The summed E-state index contributed by atoms with van der Waals surface area (Å²) in [6, 6.07) is 8.72. The Balaban J connectivity index is 2.04. The quantitative estimate of drug-likeness (QED) is 0.752. The Morgan fingerprint density at radius 3 is 2.94 bits per heavy atom. The van der Waals surface area contributed by atoms with E-state index in [-0.39, 0.29) is 0 Å². The van der Waals surface area contributed by atoms with E-state index in [9.17, 15) is 0 Å². The smallest absolute Gasteiger partial charge is 0.0408 e. The molecule has 0 aliphatic heterocycles. The van der Waals surface area contributed by atoms with E-state index >= 15 is 0 Å². The Kier molecular flexibility index (Phi) is 5.27. The molecule has 0 fully saturated rings. The van der Waals surface area contributed by atoms with Crippen molar-refractivity contribution in [1.82, 2.24) is 5.32 Å². The summed E-state index contributed by atoms with van der Waals surface area (Å²) in [5, 5.41) is 4.50. The predicted molar refractivity (Wildman–Crippen MR) is 79.2 cm³/mol. The lowest BCUT2D eigenvalue weighted by molar-refractivity contribution is 0.552. The van der Waals surface area contributed by atoms with Crippen molar-refractivity contribution in [2.45, 2.75) is 45.1 Å². The molecule has 0 spiro atoms. The summed E-state index contributed by atoms with van der Waals surface area (Å²) >= 11 is 6.06. The Hall–Kier alpha value is -0.790. The zero-order valence-electron chi connectivity index (χ0n) is 11.1. The second-order valence-electron chi connectivity index (χ2n) is 5.01. The molecule has 1 unspecified atom stereocenters. The van der Waals surface area contributed by atoms with Crippen molar-refractivity contribution in [3.05, 3.63) is 46.5 Å². The normalized spacial score (nSPS) is 16.7. The van der Waals surface area contributed by atoms with Crippen molar-refractivity contribution in [1.29, 1.82) is 0 Å². The third-order valence-electron chi connectivity index (χ3n) is 3.49. The van der Waals surface area contributed by atoms with E-state index in [0.29, 0.717) is 6.04 Å². The van der Waals surface area contributed by atoms with E-state index in [1.165, 1.54) is 31.2 Å². The molecule has 0 aromatic heterocycles. The maximum absolute atomic E-state index is 6.06. The van der Waals surface area contributed by atoms with Crippen LogP contribution in [-0.2, 0) is 6.42 Å². The van der Waals surface area contributed by atoms with Crippen molar-refractivity contribution in [2.24, 2.45) is 0 Å². The Labute approximate surface area is 115 Å². The number of hydrogen-bond acceptors (Lipinski definition) is 1. The molecule has 0 amide bonds. The minimum atomic E-state index is 0.492. The van der Waals surface area contributed by atoms with Crippen molar-refractivity contribution >= 4 is 11.6 Å². The molecule has 1 aliphatic rings. The van der Waals surface area contributed by atoms with Crippen LogP contribution < -0.4 is 5.32 Å². The van der Waals surface area contributed by atoms with Gasteiger partial charge in [0, 0.05) is 11.1 Å². The molecule has 1 aromatic carbocycles. The number of benzene rings is 1. The van der Waals surface area contributed by atoms with Crippen LogP contribution in [0.25, 0.3) is 0 Å². The van der Waals surface area contributed by atoms with Gasteiger partial charge in [-0.25, -0.2) is 0 Å². The van der Waals surface area contributed by atoms with E-state index in [2.05, 4.69) is 30.4 Å². The Morgan fingerprint density at radius 1 is 1.39 bits per heavy atom. The average molecular weight is 264 g/mol. The molecule has 1 nitrogen and oxygen atoms in total. The summed E-state index contributed by atoms with van der Waals surface area (Å²) in [4.78, 5) is 0. The number of hydrogen-bond donors (Lipinski definition) is 1. The van der Waals surface area contributed by atoms with Gasteiger partial charge in [-0.1, -0.05) is 42.3 Å². The zero-order chi connectivity index (χ0) is 12.8. The van der Waals surface area contributed by atoms with Gasteiger partial charge in [0.25, 0.3) is 0 Å². The van der Waals surface area contributed by atoms with Gasteiger partial charge in [0.2, 0.25) is 0 Å². The van der Waals surface area contributed by atoms with Crippen molar-refractivity contribution < 1.29 is 0 Å². The van der Waals surface area contributed by atoms with Crippen LogP contribution in [0.5, 0.6) is 0 Å². The predicted octanol–water partition coefficient (Wildman–Crippen LogP) is 4.36. The van der Waals surface area contributed by atoms with Gasteiger partial charge in [-0.3, -0.25) is 0 Å². The first-order valence-corrected chi connectivity index (χ1v) is 7.34. The van der Waals surface area contributed by atoms with E-state index < -0.39 is 0 Å². The lowest BCUT2D eigenvalue weighted by Crippen LogP contribution is -2.33. The molecule has 2 heteroatoms. The SMILES string of the molecule is CCCNC(Cc1cccc(Cl)c1)C1=CCCC1. The van der Waals surface area contributed by atoms with Crippen LogP contribution in [0, 0.1) is 0 Å². The van der Waals surface area contributed by atoms with E-state index in [1.807, 2.05) is 12.1 Å². The van der Waals surface area contributed by atoms with Gasteiger partial charge in [0.15, 0.2) is 0 Å². The van der Waals surface area contributed by atoms with E-state index in [0.717, 1.165) is 18.0 Å². The van der Waals surface area contributed by atoms with E-state index in [1.54, 1.807) is 5.57 Å². The highest BCUT2D eigenvalue weighted by Gasteiger charge is 2.16. The summed E-state index contributed by atoms with van der Waals surface area (Å²) in [5.74, 6) is 0. The standard InChI is InChI=1S/C16H22ClN/c1-2-10-18-16(14-7-3-4-8-14)12-13-6-5-9-15(17)11-13/h5-7,9,11,16,18H,2-4,8,10,12H2,1H3. The second-order valence-corrected chi connectivity index (χ2v) is 5.45. The topological polar surface area (TPSA) is 12.0 Å². The summed E-state index contributed by atoms with van der Waals surface area (Å²) in [6.07, 6.45) is 8.45. The molecular formula is C16H22ClN. The van der Waals surface area contributed by atoms with Crippen molar-refractivity contribution in [3.63, 3.8) is 0 Å². The Morgan fingerprint density at radius 2 is 2.28 bits per heavy atom. The van der Waals surface area contributed by atoms with E-state index in [4.69, 9.17) is 11.6 Å². The Bertz CT molecular complexity index is 411. The molecule has 1 aliphatic carbocycles. The highest BCUT2D eigenvalue weighted by atomic mass is 35.5. The molecule has 0 heterocycles. The van der Waals surface area contributed by atoms with Crippen LogP contribution in [0.2, 0.25) is 5.02 Å². The van der Waals surface area contributed by atoms with Gasteiger partial charge in [0.1, 0.15) is 0 Å². The zero-order valence-corrected chi connectivity index (χ0v) is 11.8. The summed E-state index contributed by atoms with van der Waals surface area (Å²) in [7, 11) is 0. The molecule has 1 N–H and O–H groups in total. The third-order valence-corrected chi connectivity index (χ3v) is 3.73. The summed E-state index contributed by atoms with van der Waals surface area (Å²) in [5.41, 5.74) is 2.91. The minimum Gasteiger partial charge on any atom is -0.310 e. The summed E-state index contributed by atoms with van der Waals surface area (Å²) in [6.45, 7) is 3.30. The molecule has 0 saturated carbocycles. The molecule has 0 saturated heterocycles. The first-order valence-electron chi connectivity index (χ1n) is 6.96. The fourth-order valence-electron chi connectivity index (χ4n) is 2.56. The van der Waals surface area contributed by atoms with Gasteiger partial charge in [-0.15, -0.1) is 0 Å². The molecule has 1 aromatic rings. The van der Waals surface area contributed by atoms with Crippen LogP contribution in [0.4, 0.5) is 0 Å². The first kappa shape index (κ1) is 13.6. The molecule has 2 rings (SSSR count). The second kappa shape index (κ2) is 6.96. The monoisotopic (exact) mass is 263 g/mol. The third kappa shape index (κ3) is 3.86. The average Bonchev–Trinajstić information content (AvgIpc) is 2.88. The van der Waals surface area contributed by atoms with Gasteiger partial charge in [0.05, 0.1) is 0 Å². The van der Waals surface area contributed by atoms with Crippen LogP contribution in [0.15, 0.2) is 35.9 Å². The van der Waals surface area contributed by atoms with Gasteiger partial charge >= 0.3 is 0 Å². The molecule has 0 bridgehead atoms. The molecule has 0 radical (unpaired) electrons. The first-order chi connectivity index (χ1) is 8.79. The van der Waals surface area contributed by atoms with Crippen LogP contribution in [0.1, 0.15) is 38.2 Å². The number of nitrogens with one attached hydrogen (secondary N) is 1. The molecular weight excluding hydrogens is 242 g/mol. The highest BCUT2D eigenvalue weighted by Crippen LogP contribution is 2.23. The van der Waals surface area contributed by atoms with Gasteiger partial charge in [-0.2, -0.15) is 0 Å². The summed E-state index contributed by atoms with van der Waals surface area (Å²) < 4.78 is 0. The van der Waals surface area contributed by atoms with Crippen LogP contribution in [0.3, 0.4) is 0 Å². The molecule has 1 atom stereocenters. The minimum absolute atomic E-state index is 0.492. The van der Waals surface area contributed by atoms with Crippen LogP contribution in [-0.4, -0.2) is 12.6 Å². The largest absolute Gasteiger partial charge is 0.310 e. The number of rotatable bonds is 6. The lowest BCUT2D eigenvalue weighted by Gasteiger charge is -2.20. The molecule has 18 heavy (non-hydrogen) atoms. The highest BCUT2D eigenvalue weighted by molar-refractivity contribution is 6.30. The maximum atomic E-state index is 6.06. The van der Waals surface area contributed by atoms with Gasteiger partial charge < -0.3 is 5.32 Å². The fourth-order valence-corrected chi connectivity index (χ4v) is 2.78. The van der Waals surface area contributed by atoms with Crippen LogP contribution >= 0.6 is 11.6 Å². The number of halogens is 1.